The summed E-state index contributed by atoms with van der Waals surface area (Å²) in [7, 11) is 1.66. The lowest BCUT2D eigenvalue weighted by Crippen LogP contribution is -2.63. The van der Waals surface area contributed by atoms with E-state index in [4.69, 9.17) is 9.47 Å². The predicted octanol–water partition coefficient (Wildman–Crippen LogP) is 8.03. The number of fused-ring (bicyclic) bond motifs is 2. The summed E-state index contributed by atoms with van der Waals surface area (Å²) >= 11 is 0. The molecule has 1 N–H and O–H groups in total. The standard InChI is InChI=1S/C43H42N2O4/c1-48-36-23-20-34(21-24-36)35-22-25-38-37(28-35)43(42(47)45(38)29-32-14-7-3-8-15-32)27-11-18-39(49-30-33-16-9-4-10-17-33)41(43)44-40(46)26-19-31-12-5-2-6-13-31/h2-10,12-17,20-25,28,39,41H,11,18-19,26-27,29-30H2,1H3,(H,44,46)/t39-,41+,43+/m1/s1. The molecule has 2 amide bonds. The number of rotatable bonds is 11. The molecule has 1 aliphatic heterocycles. The van der Waals surface area contributed by atoms with E-state index in [2.05, 4.69) is 35.6 Å². The Morgan fingerprint density at radius 3 is 2.10 bits per heavy atom. The molecule has 0 unspecified atom stereocenters. The lowest BCUT2D eigenvalue weighted by molar-refractivity contribution is -0.133. The number of hydrogen-bond donors (Lipinski definition) is 1. The number of carbonyl (C=O) groups excluding carboxylic acids is 2. The smallest absolute Gasteiger partial charge is 0.240 e. The average Bonchev–Trinajstić information content (AvgIpc) is 3.38. The van der Waals surface area contributed by atoms with E-state index in [0.717, 1.165) is 57.7 Å². The Hall–Kier alpha value is -5.20. The number of methoxy groups -OCH3 is 1. The van der Waals surface area contributed by atoms with Crippen molar-refractivity contribution in [2.75, 3.05) is 12.0 Å². The molecule has 5 aromatic rings. The molecule has 6 heteroatoms. The highest BCUT2D eigenvalue weighted by Crippen LogP contribution is 2.52. The second-order valence-electron chi connectivity index (χ2n) is 13.1. The molecule has 2 aliphatic rings. The molecular formula is C43H42N2O4. The molecule has 6 nitrogen and oxygen atoms in total. The molecule has 1 spiro atoms. The monoisotopic (exact) mass is 650 g/mol. The van der Waals surface area contributed by atoms with E-state index in [0.29, 0.717) is 32.4 Å². The van der Waals surface area contributed by atoms with Crippen LogP contribution in [0.1, 0.15) is 47.9 Å². The van der Waals surface area contributed by atoms with Crippen LogP contribution in [0.15, 0.2) is 133 Å². The van der Waals surface area contributed by atoms with Gasteiger partial charge in [0.2, 0.25) is 11.8 Å². The highest BCUT2D eigenvalue weighted by Gasteiger charge is 2.59. The zero-order valence-corrected chi connectivity index (χ0v) is 27.9. The molecule has 0 aromatic heterocycles. The number of nitrogens with one attached hydrogen (secondary N) is 1. The van der Waals surface area contributed by atoms with Crippen molar-refractivity contribution in [3.05, 3.63) is 156 Å². The third kappa shape index (κ3) is 6.74. The number of anilines is 1. The Balaban J connectivity index is 1.30. The number of hydrogen-bond acceptors (Lipinski definition) is 4. The van der Waals surface area contributed by atoms with Crippen molar-refractivity contribution in [2.24, 2.45) is 0 Å². The maximum Gasteiger partial charge on any atom is 0.240 e. The van der Waals surface area contributed by atoms with Gasteiger partial charge < -0.3 is 19.7 Å². The first-order valence-corrected chi connectivity index (χ1v) is 17.2. The summed E-state index contributed by atoms with van der Waals surface area (Å²) < 4.78 is 12.1. The molecule has 3 atom stereocenters. The normalized spacial score (nSPS) is 19.9. The van der Waals surface area contributed by atoms with Gasteiger partial charge in [0.15, 0.2) is 0 Å². The zero-order valence-electron chi connectivity index (χ0n) is 27.9. The molecule has 0 bridgehead atoms. The average molecular weight is 651 g/mol. The Bertz CT molecular complexity index is 1880. The molecule has 1 saturated carbocycles. The molecule has 248 valence electrons. The van der Waals surface area contributed by atoms with Crippen molar-refractivity contribution in [3.8, 4) is 16.9 Å². The van der Waals surface area contributed by atoms with Crippen molar-refractivity contribution >= 4 is 17.5 Å². The van der Waals surface area contributed by atoms with Gasteiger partial charge in [0.1, 0.15) is 5.75 Å². The molecule has 7 rings (SSSR count). The Morgan fingerprint density at radius 2 is 1.43 bits per heavy atom. The number of aryl methyl sites for hydroxylation is 1. The van der Waals surface area contributed by atoms with Gasteiger partial charge in [-0.25, -0.2) is 0 Å². The third-order valence-electron chi connectivity index (χ3n) is 10.1. The van der Waals surface area contributed by atoms with Crippen LogP contribution in [0.5, 0.6) is 5.75 Å². The maximum atomic E-state index is 15.2. The summed E-state index contributed by atoms with van der Waals surface area (Å²) in [5.74, 6) is 0.722. The van der Waals surface area contributed by atoms with Crippen molar-refractivity contribution < 1.29 is 19.1 Å². The fraction of sp³-hybridized carbons (Fsp3) is 0.256. The van der Waals surface area contributed by atoms with E-state index < -0.39 is 11.5 Å². The molecular weight excluding hydrogens is 608 g/mol. The maximum absolute atomic E-state index is 15.2. The van der Waals surface area contributed by atoms with E-state index in [1.165, 1.54) is 0 Å². The number of ether oxygens (including phenoxy) is 2. The lowest BCUT2D eigenvalue weighted by Gasteiger charge is -2.45. The van der Waals surface area contributed by atoms with Crippen LogP contribution in [0, 0.1) is 0 Å². The van der Waals surface area contributed by atoms with Crippen LogP contribution in [-0.2, 0) is 39.3 Å². The number of nitrogens with zero attached hydrogens (tertiary/aromatic N) is 1. The Labute approximate surface area is 288 Å². The van der Waals surface area contributed by atoms with Gasteiger partial charge in [-0.1, -0.05) is 109 Å². The van der Waals surface area contributed by atoms with E-state index >= 15 is 4.79 Å². The van der Waals surface area contributed by atoms with Crippen LogP contribution < -0.4 is 15.0 Å². The second kappa shape index (κ2) is 14.5. The van der Waals surface area contributed by atoms with Gasteiger partial charge in [0.25, 0.3) is 0 Å². The first kappa shape index (κ1) is 32.4. The first-order chi connectivity index (χ1) is 24.0. The number of carbonyl (C=O) groups is 2. The topological polar surface area (TPSA) is 67.9 Å². The highest BCUT2D eigenvalue weighted by atomic mass is 16.5. The van der Waals surface area contributed by atoms with Crippen LogP contribution in [0.2, 0.25) is 0 Å². The zero-order chi connectivity index (χ0) is 33.6. The summed E-state index contributed by atoms with van der Waals surface area (Å²) in [6.45, 7) is 0.846. The summed E-state index contributed by atoms with van der Waals surface area (Å²) in [6.07, 6.45) is 2.75. The van der Waals surface area contributed by atoms with E-state index in [1.54, 1.807) is 7.11 Å². The van der Waals surface area contributed by atoms with Crippen LogP contribution in [0.25, 0.3) is 11.1 Å². The molecule has 0 saturated heterocycles. The molecule has 49 heavy (non-hydrogen) atoms. The number of benzene rings is 5. The summed E-state index contributed by atoms with van der Waals surface area (Å²) in [5.41, 5.74) is 6.10. The lowest BCUT2D eigenvalue weighted by atomic mass is 9.65. The predicted molar refractivity (Wildman–Crippen MR) is 193 cm³/mol. The molecule has 1 fully saturated rings. The first-order valence-electron chi connectivity index (χ1n) is 17.2. The van der Waals surface area contributed by atoms with E-state index in [1.807, 2.05) is 108 Å². The molecule has 0 radical (unpaired) electrons. The minimum absolute atomic E-state index is 0.0135. The van der Waals surface area contributed by atoms with Gasteiger partial charge in [0, 0.05) is 12.1 Å². The van der Waals surface area contributed by atoms with Crippen LogP contribution in [-0.4, -0.2) is 31.1 Å². The van der Waals surface area contributed by atoms with E-state index in [-0.39, 0.29) is 17.9 Å². The van der Waals surface area contributed by atoms with Crippen molar-refractivity contribution in [1.29, 1.82) is 0 Å². The fourth-order valence-electron chi connectivity index (χ4n) is 7.57. The third-order valence-corrected chi connectivity index (χ3v) is 10.1. The fourth-order valence-corrected chi connectivity index (χ4v) is 7.57. The minimum atomic E-state index is -0.991. The van der Waals surface area contributed by atoms with Gasteiger partial charge in [-0.05, 0) is 83.3 Å². The Kier molecular flexibility index (Phi) is 9.58. The second-order valence-corrected chi connectivity index (χ2v) is 13.1. The SMILES string of the molecule is COc1ccc(-c2ccc3c(c2)[C@]2(CCC[C@@H](OCc4ccccc4)[C@@H]2NC(=O)CCc2ccccc2)C(=O)N3Cc2ccccc2)cc1. The van der Waals surface area contributed by atoms with Crippen LogP contribution in [0.3, 0.4) is 0 Å². The summed E-state index contributed by atoms with van der Waals surface area (Å²) in [4.78, 5) is 31.0. The summed E-state index contributed by atoms with van der Waals surface area (Å²) in [5, 5.41) is 3.41. The van der Waals surface area contributed by atoms with Gasteiger partial charge in [-0.3, -0.25) is 9.59 Å². The van der Waals surface area contributed by atoms with Crippen LogP contribution >= 0.6 is 0 Å². The van der Waals surface area contributed by atoms with Crippen molar-refractivity contribution in [2.45, 2.75) is 62.8 Å². The molecule has 1 heterocycles. The van der Waals surface area contributed by atoms with Gasteiger partial charge >= 0.3 is 0 Å². The highest BCUT2D eigenvalue weighted by molar-refractivity contribution is 6.09. The van der Waals surface area contributed by atoms with Crippen molar-refractivity contribution in [3.63, 3.8) is 0 Å². The summed E-state index contributed by atoms with van der Waals surface area (Å²) in [6, 6.07) is 44.0. The van der Waals surface area contributed by atoms with E-state index in [9.17, 15) is 4.79 Å². The molecule has 1 aliphatic carbocycles. The largest absolute Gasteiger partial charge is 0.497 e. The Morgan fingerprint density at radius 1 is 0.796 bits per heavy atom. The number of amides is 2. The van der Waals surface area contributed by atoms with Crippen molar-refractivity contribution in [1.82, 2.24) is 5.32 Å². The van der Waals surface area contributed by atoms with Gasteiger partial charge in [0.05, 0.1) is 37.8 Å². The van der Waals surface area contributed by atoms with Gasteiger partial charge in [-0.15, -0.1) is 0 Å². The van der Waals surface area contributed by atoms with Gasteiger partial charge in [-0.2, -0.15) is 0 Å². The quantitative estimate of drug-likeness (QED) is 0.157. The minimum Gasteiger partial charge on any atom is -0.497 e. The van der Waals surface area contributed by atoms with Crippen LogP contribution in [0.4, 0.5) is 5.69 Å². The molecule has 5 aromatic carbocycles.